The third-order valence-electron chi connectivity index (χ3n) is 3.52. The molecular formula is C13H17F2N. The van der Waals surface area contributed by atoms with Gasteiger partial charge in [0.25, 0.3) is 0 Å². The lowest BCUT2D eigenvalue weighted by Gasteiger charge is -2.32. The Labute approximate surface area is 94.9 Å². The van der Waals surface area contributed by atoms with E-state index in [-0.39, 0.29) is 12.1 Å². The predicted octanol–water partition coefficient (Wildman–Crippen LogP) is 3.24. The average Bonchev–Trinajstić information content (AvgIpc) is 2.14. The van der Waals surface area contributed by atoms with Crippen molar-refractivity contribution >= 4 is 0 Å². The molecule has 1 aliphatic carbocycles. The van der Waals surface area contributed by atoms with Gasteiger partial charge in [-0.1, -0.05) is 12.5 Å². The van der Waals surface area contributed by atoms with E-state index in [0.717, 1.165) is 0 Å². The van der Waals surface area contributed by atoms with E-state index in [0.29, 0.717) is 12.0 Å². The zero-order valence-corrected chi connectivity index (χ0v) is 9.47. The molecule has 0 saturated heterocycles. The standard InChI is InChI=1S/C13H17F2N/c1-9(10-4-2-5-10)16-8-11-12(14)6-3-7-13(11)15/h3,6-7,9-10,16H,2,4-5,8H2,1H3. The van der Waals surface area contributed by atoms with E-state index < -0.39 is 11.6 Å². The maximum Gasteiger partial charge on any atom is 0.130 e. The molecule has 1 nitrogen and oxygen atoms in total. The molecule has 0 amide bonds. The van der Waals surface area contributed by atoms with E-state index in [9.17, 15) is 8.78 Å². The summed E-state index contributed by atoms with van der Waals surface area (Å²) in [5.74, 6) is -0.253. The summed E-state index contributed by atoms with van der Waals surface area (Å²) in [6, 6.07) is 4.33. The van der Waals surface area contributed by atoms with Crippen molar-refractivity contribution in [2.75, 3.05) is 0 Å². The minimum atomic E-state index is -0.465. The molecule has 2 rings (SSSR count). The lowest BCUT2D eigenvalue weighted by Crippen LogP contribution is -2.36. The second-order valence-electron chi connectivity index (χ2n) is 4.56. The van der Waals surface area contributed by atoms with Crippen LogP contribution in [0.4, 0.5) is 8.78 Å². The molecule has 1 aromatic carbocycles. The first-order valence-electron chi connectivity index (χ1n) is 5.84. The maximum atomic E-state index is 13.3. The highest BCUT2D eigenvalue weighted by Crippen LogP contribution is 2.29. The highest BCUT2D eigenvalue weighted by molar-refractivity contribution is 5.19. The van der Waals surface area contributed by atoms with E-state index in [1.54, 1.807) is 0 Å². The van der Waals surface area contributed by atoms with Crippen molar-refractivity contribution in [3.63, 3.8) is 0 Å². The smallest absolute Gasteiger partial charge is 0.130 e. The number of nitrogens with one attached hydrogen (secondary N) is 1. The van der Waals surface area contributed by atoms with Gasteiger partial charge in [0.2, 0.25) is 0 Å². The van der Waals surface area contributed by atoms with Crippen LogP contribution in [-0.4, -0.2) is 6.04 Å². The van der Waals surface area contributed by atoms with Crippen molar-refractivity contribution in [2.45, 2.75) is 38.8 Å². The molecule has 1 fully saturated rings. The molecule has 0 bridgehead atoms. The van der Waals surface area contributed by atoms with Gasteiger partial charge in [0.05, 0.1) is 0 Å². The van der Waals surface area contributed by atoms with Crippen LogP contribution in [0.15, 0.2) is 18.2 Å². The SMILES string of the molecule is CC(NCc1c(F)cccc1F)C1CCC1. The Morgan fingerprint density at radius 3 is 2.44 bits per heavy atom. The topological polar surface area (TPSA) is 12.0 Å². The van der Waals surface area contributed by atoms with Crippen LogP contribution in [0.2, 0.25) is 0 Å². The van der Waals surface area contributed by atoms with Gasteiger partial charge < -0.3 is 5.32 Å². The fraction of sp³-hybridized carbons (Fsp3) is 0.538. The van der Waals surface area contributed by atoms with Gasteiger partial charge in [-0.3, -0.25) is 0 Å². The highest BCUT2D eigenvalue weighted by atomic mass is 19.1. The molecule has 0 radical (unpaired) electrons. The molecule has 1 saturated carbocycles. The fourth-order valence-corrected chi connectivity index (χ4v) is 2.07. The molecule has 88 valence electrons. The van der Waals surface area contributed by atoms with Gasteiger partial charge in [-0.25, -0.2) is 8.78 Å². The Kier molecular flexibility index (Phi) is 3.54. The molecule has 1 N–H and O–H groups in total. The van der Waals surface area contributed by atoms with Gasteiger partial charge in [-0.05, 0) is 37.8 Å². The Balaban J connectivity index is 1.93. The molecular weight excluding hydrogens is 208 g/mol. The molecule has 16 heavy (non-hydrogen) atoms. The number of benzene rings is 1. The fourth-order valence-electron chi connectivity index (χ4n) is 2.07. The summed E-state index contributed by atoms with van der Waals surface area (Å²) < 4.78 is 26.6. The average molecular weight is 225 g/mol. The van der Waals surface area contributed by atoms with E-state index in [2.05, 4.69) is 12.2 Å². The molecule has 0 heterocycles. The minimum Gasteiger partial charge on any atom is -0.310 e. The van der Waals surface area contributed by atoms with Crippen LogP contribution in [0.3, 0.4) is 0 Å². The van der Waals surface area contributed by atoms with Crippen molar-refractivity contribution in [1.82, 2.24) is 5.32 Å². The van der Waals surface area contributed by atoms with E-state index in [1.807, 2.05) is 0 Å². The first-order valence-corrected chi connectivity index (χ1v) is 5.84. The van der Waals surface area contributed by atoms with Gasteiger partial charge in [-0.2, -0.15) is 0 Å². The van der Waals surface area contributed by atoms with Gasteiger partial charge in [-0.15, -0.1) is 0 Å². The number of hydrogen-bond donors (Lipinski definition) is 1. The van der Waals surface area contributed by atoms with Crippen molar-refractivity contribution in [2.24, 2.45) is 5.92 Å². The third-order valence-corrected chi connectivity index (χ3v) is 3.52. The second-order valence-corrected chi connectivity index (χ2v) is 4.56. The van der Waals surface area contributed by atoms with Crippen molar-refractivity contribution in [1.29, 1.82) is 0 Å². The molecule has 1 aliphatic rings. The lowest BCUT2D eigenvalue weighted by atomic mass is 9.80. The molecule has 1 unspecified atom stereocenters. The monoisotopic (exact) mass is 225 g/mol. The van der Waals surface area contributed by atoms with Gasteiger partial charge in [0, 0.05) is 18.2 Å². The summed E-state index contributed by atoms with van der Waals surface area (Å²) in [6.45, 7) is 2.36. The van der Waals surface area contributed by atoms with Crippen LogP contribution in [0.1, 0.15) is 31.7 Å². The first kappa shape index (κ1) is 11.5. The van der Waals surface area contributed by atoms with Gasteiger partial charge in [0.1, 0.15) is 11.6 Å². The zero-order valence-electron chi connectivity index (χ0n) is 9.47. The summed E-state index contributed by atoms with van der Waals surface area (Å²) in [6.07, 6.45) is 3.74. The summed E-state index contributed by atoms with van der Waals surface area (Å²) in [7, 11) is 0. The second kappa shape index (κ2) is 4.91. The molecule has 3 heteroatoms. The third kappa shape index (κ3) is 2.40. The Hall–Kier alpha value is -0.960. The lowest BCUT2D eigenvalue weighted by molar-refractivity contribution is 0.239. The Bertz CT molecular complexity index is 341. The van der Waals surface area contributed by atoms with Gasteiger partial charge in [0.15, 0.2) is 0 Å². The number of hydrogen-bond acceptors (Lipinski definition) is 1. The van der Waals surface area contributed by atoms with Crippen LogP contribution in [0.5, 0.6) is 0 Å². The van der Waals surface area contributed by atoms with Crippen molar-refractivity contribution in [3.8, 4) is 0 Å². The van der Waals surface area contributed by atoms with E-state index in [4.69, 9.17) is 0 Å². The van der Waals surface area contributed by atoms with Crippen LogP contribution in [0.25, 0.3) is 0 Å². The molecule has 1 atom stereocenters. The summed E-state index contributed by atoms with van der Waals surface area (Å²) >= 11 is 0. The van der Waals surface area contributed by atoms with Gasteiger partial charge >= 0.3 is 0 Å². The minimum absolute atomic E-state index is 0.147. The zero-order chi connectivity index (χ0) is 11.5. The molecule has 0 spiro atoms. The summed E-state index contributed by atoms with van der Waals surface area (Å²) in [5, 5.41) is 3.20. The quantitative estimate of drug-likeness (QED) is 0.829. The molecule has 0 aliphatic heterocycles. The highest BCUT2D eigenvalue weighted by Gasteiger charge is 2.23. The van der Waals surface area contributed by atoms with E-state index in [1.165, 1.54) is 37.5 Å². The summed E-state index contributed by atoms with van der Waals surface area (Å²) in [4.78, 5) is 0. The van der Waals surface area contributed by atoms with Crippen LogP contribution in [0, 0.1) is 17.6 Å². The summed E-state index contributed by atoms with van der Waals surface area (Å²) in [5.41, 5.74) is 0.147. The maximum absolute atomic E-state index is 13.3. The van der Waals surface area contributed by atoms with Crippen LogP contribution < -0.4 is 5.32 Å². The predicted molar refractivity (Wildman–Crippen MR) is 60.0 cm³/mol. The number of rotatable bonds is 4. The Morgan fingerprint density at radius 1 is 1.31 bits per heavy atom. The molecule has 0 aromatic heterocycles. The van der Waals surface area contributed by atoms with Crippen molar-refractivity contribution in [3.05, 3.63) is 35.4 Å². The normalized spacial score (nSPS) is 18.2. The first-order chi connectivity index (χ1) is 7.68. The van der Waals surface area contributed by atoms with E-state index >= 15 is 0 Å². The number of halogens is 2. The largest absolute Gasteiger partial charge is 0.310 e. The van der Waals surface area contributed by atoms with Crippen LogP contribution >= 0.6 is 0 Å². The Morgan fingerprint density at radius 2 is 1.94 bits per heavy atom. The van der Waals surface area contributed by atoms with Crippen molar-refractivity contribution < 1.29 is 8.78 Å². The van der Waals surface area contributed by atoms with Crippen LogP contribution in [-0.2, 0) is 6.54 Å². The molecule has 1 aromatic rings.